The molecular formula is C28H30N2O10. The Morgan fingerprint density at radius 3 is 2.40 bits per heavy atom. The first-order valence-electron chi connectivity index (χ1n) is 13.0. The van der Waals surface area contributed by atoms with Crippen molar-refractivity contribution in [2.75, 3.05) is 73.6 Å². The maximum atomic E-state index is 13.6. The zero-order valence-electron chi connectivity index (χ0n) is 22.3. The quantitative estimate of drug-likeness (QED) is 0.307. The highest BCUT2D eigenvalue weighted by atomic mass is 16.7. The zero-order chi connectivity index (χ0) is 27.8. The summed E-state index contributed by atoms with van der Waals surface area (Å²) >= 11 is 0. The highest BCUT2D eigenvalue weighted by Gasteiger charge is 2.48. The summed E-state index contributed by atoms with van der Waals surface area (Å²) < 4.78 is 39.3. The van der Waals surface area contributed by atoms with Crippen molar-refractivity contribution in [2.45, 2.75) is 6.04 Å². The van der Waals surface area contributed by atoms with Gasteiger partial charge >= 0.3 is 0 Å². The van der Waals surface area contributed by atoms with Crippen molar-refractivity contribution < 1.29 is 47.9 Å². The van der Waals surface area contributed by atoms with E-state index >= 15 is 0 Å². The molecule has 2 saturated heterocycles. The average molecular weight is 555 g/mol. The summed E-state index contributed by atoms with van der Waals surface area (Å²) in [4.78, 5) is 30.8. The van der Waals surface area contributed by atoms with Gasteiger partial charge < -0.3 is 43.2 Å². The molecule has 0 saturated carbocycles. The van der Waals surface area contributed by atoms with Crippen molar-refractivity contribution in [2.24, 2.45) is 0 Å². The SMILES string of the molecule is COc1c(C2C(=C(O)c3ccc4c(c3)OCCO4)C(=O)C(=O)N2CCN2CCOCC2)cc2c(c1OC)OCO2. The van der Waals surface area contributed by atoms with Gasteiger partial charge in [-0.05, 0) is 24.3 Å². The van der Waals surface area contributed by atoms with Crippen LogP contribution in [-0.4, -0.2) is 100 Å². The molecule has 0 aliphatic carbocycles. The Kier molecular flexibility index (Phi) is 7.03. The topological polar surface area (TPSA) is 125 Å². The molecule has 40 heavy (non-hydrogen) atoms. The lowest BCUT2D eigenvalue weighted by atomic mass is 9.93. The number of methoxy groups -OCH3 is 2. The molecule has 0 spiro atoms. The molecule has 2 fully saturated rings. The molecule has 0 bridgehead atoms. The lowest BCUT2D eigenvalue weighted by Gasteiger charge is -2.31. The molecule has 12 heteroatoms. The van der Waals surface area contributed by atoms with Crippen LogP contribution >= 0.6 is 0 Å². The third-order valence-electron chi connectivity index (χ3n) is 7.42. The van der Waals surface area contributed by atoms with Crippen molar-refractivity contribution in [1.29, 1.82) is 0 Å². The lowest BCUT2D eigenvalue weighted by molar-refractivity contribution is -0.140. The van der Waals surface area contributed by atoms with Crippen LogP contribution < -0.4 is 28.4 Å². The first kappa shape index (κ1) is 26.1. The van der Waals surface area contributed by atoms with Gasteiger partial charge in [0.15, 0.2) is 23.0 Å². The van der Waals surface area contributed by atoms with Gasteiger partial charge in [-0.25, -0.2) is 0 Å². The van der Waals surface area contributed by atoms with E-state index in [9.17, 15) is 14.7 Å². The molecule has 212 valence electrons. The first-order valence-corrected chi connectivity index (χ1v) is 13.0. The monoisotopic (exact) mass is 554 g/mol. The number of fused-ring (bicyclic) bond motifs is 2. The number of carbonyl (C=O) groups excluding carboxylic acids is 2. The number of aliphatic hydroxyl groups excluding tert-OH is 1. The largest absolute Gasteiger partial charge is 0.507 e. The summed E-state index contributed by atoms with van der Waals surface area (Å²) in [5, 5.41) is 11.6. The van der Waals surface area contributed by atoms with Gasteiger partial charge in [0, 0.05) is 37.3 Å². The molecule has 0 radical (unpaired) electrons. The number of benzene rings is 2. The molecular weight excluding hydrogens is 524 g/mol. The van der Waals surface area contributed by atoms with Crippen molar-refractivity contribution in [3.8, 4) is 34.5 Å². The highest BCUT2D eigenvalue weighted by Crippen LogP contribution is 2.54. The van der Waals surface area contributed by atoms with Crippen molar-refractivity contribution in [3.05, 3.63) is 41.0 Å². The number of Topliss-reactive ketones (excluding diaryl/α,β-unsaturated/α-hetero) is 1. The molecule has 2 aromatic carbocycles. The van der Waals surface area contributed by atoms with Crippen LogP contribution in [0.2, 0.25) is 0 Å². The Morgan fingerprint density at radius 1 is 0.900 bits per heavy atom. The Bertz CT molecular complexity index is 1370. The summed E-state index contributed by atoms with van der Waals surface area (Å²) in [7, 11) is 2.93. The van der Waals surface area contributed by atoms with E-state index in [4.69, 9.17) is 33.2 Å². The van der Waals surface area contributed by atoms with E-state index in [-0.39, 0.29) is 36.2 Å². The number of carbonyl (C=O) groups is 2. The molecule has 4 aliphatic rings. The van der Waals surface area contributed by atoms with E-state index in [1.165, 1.54) is 19.1 Å². The molecule has 6 rings (SSSR count). The minimum Gasteiger partial charge on any atom is -0.507 e. The summed E-state index contributed by atoms with van der Waals surface area (Å²) in [6.07, 6.45) is 0. The van der Waals surface area contributed by atoms with Crippen LogP contribution in [0.3, 0.4) is 0 Å². The number of hydrogen-bond acceptors (Lipinski definition) is 11. The van der Waals surface area contributed by atoms with Crippen LogP contribution in [0.15, 0.2) is 29.8 Å². The number of amides is 1. The van der Waals surface area contributed by atoms with Crippen molar-refractivity contribution in [1.82, 2.24) is 9.80 Å². The van der Waals surface area contributed by atoms with Crippen molar-refractivity contribution >= 4 is 17.4 Å². The van der Waals surface area contributed by atoms with E-state index < -0.39 is 17.7 Å². The Morgan fingerprint density at radius 2 is 1.65 bits per heavy atom. The van der Waals surface area contributed by atoms with Crippen LogP contribution in [0.5, 0.6) is 34.5 Å². The molecule has 12 nitrogen and oxygen atoms in total. The van der Waals surface area contributed by atoms with Gasteiger partial charge in [-0.3, -0.25) is 14.5 Å². The fourth-order valence-electron chi connectivity index (χ4n) is 5.47. The summed E-state index contributed by atoms with van der Waals surface area (Å²) in [5.74, 6) is 0.379. The standard InChI is InChI=1S/C28H30N2O10/c1-34-25-17(14-20-26(27(25)35-2)40-15-39-20)22-21(23(31)16-3-4-18-19(13-16)38-12-11-37-18)24(32)28(33)30(22)6-5-29-7-9-36-10-8-29/h3-4,13-14,22,31H,5-12,15H2,1-2H3. The van der Waals surface area contributed by atoms with Gasteiger partial charge in [0.05, 0.1) is 39.0 Å². The fraction of sp³-hybridized carbons (Fsp3) is 0.429. The van der Waals surface area contributed by atoms with Crippen LogP contribution in [-0.2, 0) is 14.3 Å². The van der Waals surface area contributed by atoms with E-state index in [1.807, 2.05) is 0 Å². The number of morpholine rings is 1. The second kappa shape index (κ2) is 10.8. The molecule has 0 aromatic heterocycles. The normalized spacial score (nSPS) is 21.6. The minimum atomic E-state index is -0.993. The Hall–Kier alpha value is -4.16. The van der Waals surface area contributed by atoms with Crippen LogP contribution in [0.25, 0.3) is 5.76 Å². The lowest BCUT2D eigenvalue weighted by Crippen LogP contribution is -2.42. The van der Waals surface area contributed by atoms with E-state index in [0.29, 0.717) is 80.2 Å². The van der Waals surface area contributed by atoms with Gasteiger partial charge in [-0.1, -0.05) is 0 Å². The first-order chi connectivity index (χ1) is 19.5. The predicted octanol–water partition coefficient (Wildman–Crippen LogP) is 1.96. The van der Waals surface area contributed by atoms with Crippen molar-refractivity contribution in [3.63, 3.8) is 0 Å². The number of aliphatic hydroxyl groups is 1. The van der Waals surface area contributed by atoms with Gasteiger partial charge in [0.25, 0.3) is 11.7 Å². The molecule has 1 N–H and O–H groups in total. The Labute approximate surface area is 230 Å². The maximum absolute atomic E-state index is 13.6. The number of nitrogens with zero attached hydrogens (tertiary/aromatic N) is 2. The second-order valence-electron chi connectivity index (χ2n) is 9.57. The fourth-order valence-corrected chi connectivity index (χ4v) is 5.47. The number of rotatable bonds is 7. The number of likely N-dealkylation sites (tertiary alicyclic amines) is 1. The summed E-state index contributed by atoms with van der Waals surface area (Å²) in [6, 6.07) is 5.56. The molecule has 1 atom stereocenters. The van der Waals surface area contributed by atoms with Crippen LogP contribution in [0.4, 0.5) is 0 Å². The molecule has 4 aliphatic heterocycles. The maximum Gasteiger partial charge on any atom is 0.295 e. The highest BCUT2D eigenvalue weighted by molar-refractivity contribution is 6.46. The summed E-state index contributed by atoms with van der Waals surface area (Å²) in [5.41, 5.74) is 0.652. The number of hydrogen-bond donors (Lipinski definition) is 1. The molecule has 4 heterocycles. The van der Waals surface area contributed by atoms with Crippen LogP contribution in [0.1, 0.15) is 17.2 Å². The van der Waals surface area contributed by atoms with E-state index in [1.54, 1.807) is 24.3 Å². The predicted molar refractivity (Wildman–Crippen MR) is 139 cm³/mol. The average Bonchev–Trinajstić information content (AvgIpc) is 3.56. The number of ketones is 1. The molecule has 1 amide bonds. The summed E-state index contributed by atoms with van der Waals surface area (Å²) in [6.45, 7) is 4.12. The minimum absolute atomic E-state index is 0.0211. The zero-order valence-corrected chi connectivity index (χ0v) is 22.3. The second-order valence-corrected chi connectivity index (χ2v) is 9.57. The smallest absolute Gasteiger partial charge is 0.295 e. The third kappa shape index (κ3) is 4.42. The van der Waals surface area contributed by atoms with Crippen LogP contribution in [0, 0.1) is 0 Å². The Balaban J connectivity index is 1.49. The molecule has 2 aromatic rings. The van der Waals surface area contributed by atoms with Gasteiger partial charge in [-0.15, -0.1) is 0 Å². The van der Waals surface area contributed by atoms with E-state index in [2.05, 4.69) is 4.90 Å². The molecule has 1 unspecified atom stereocenters. The van der Waals surface area contributed by atoms with Gasteiger partial charge in [0.1, 0.15) is 19.0 Å². The van der Waals surface area contributed by atoms with E-state index in [0.717, 1.165) is 0 Å². The van der Waals surface area contributed by atoms with Gasteiger partial charge in [-0.2, -0.15) is 0 Å². The van der Waals surface area contributed by atoms with Gasteiger partial charge in [0.2, 0.25) is 18.3 Å². The number of ether oxygens (including phenoxy) is 7. The third-order valence-corrected chi connectivity index (χ3v) is 7.42.